The second-order valence-electron chi connectivity index (χ2n) is 10.4. The SMILES string of the molecule is c1cncc(-c2cccc(-c3nc(-c4ccc(-c5ccc6oc7ccccc7c6c5)cc4)cc(-c4cccnc4)n3)c2)c1. The van der Waals surface area contributed by atoms with Crippen LogP contribution in [0, 0.1) is 0 Å². The minimum atomic E-state index is 0.656. The van der Waals surface area contributed by atoms with E-state index in [9.17, 15) is 0 Å². The third-order valence-corrected chi connectivity index (χ3v) is 7.69. The fourth-order valence-electron chi connectivity index (χ4n) is 5.50. The van der Waals surface area contributed by atoms with Gasteiger partial charge in [0.25, 0.3) is 0 Å². The van der Waals surface area contributed by atoms with Crippen molar-refractivity contribution in [1.29, 1.82) is 0 Å². The first-order valence-electron chi connectivity index (χ1n) is 14.1. The highest BCUT2D eigenvalue weighted by atomic mass is 16.3. The molecule has 0 bridgehead atoms. The van der Waals surface area contributed by atoms with Crippen molar-refractivity contribution in [1.82, 2.24) is 19.9 Å². The number of para-hydroxylation sites is 1. The molecule has 202 valence electrons. The number of aromatic nitrogens is 4. The minimum Gasteiger partial charge on any atom is -0.456 e. The number of hydrogen-bond donors (Lipinski definition) is 0. The smallest absolute Gasteiger partial charge is 0.160 e. The van der Waals surface area contributed by atoms with Gasteiger partial charge >= 0.3 is 0 Å². The molecule has 0 aliphatic heterocycles. The molecule has 43 heavy (non-hydrogen) atoms. The quantitative estimate of drug-likeness (QED) is 0.213. The van der Waals surface area contributed by atoms with Gasteiger partial charge in [-0.25, -0.2) is 9.97 Å². The number of rotatable bonds is 5. The second-order valence-corrected chi connectivity index (χ2v) is 10.4. The Bertz CT molecular complexity index is 2220. The topological polar surface area (TPSA) is 64.7 Å². The lowest BCUT2D eigenvalue weighted by Crippen LogP contribution is -1.96. The highest BCUT2D eigenvalue weighted by molar-refractivity contribution is 6.06. The van der Waals surface area contributed by atoms with Crippen LogP contribution in [0.4, 0.5) is 0 Å². The number of hydrogen-bond acceptors (Lipinski definition) is 5. The molecule has 8 aromatic rings. The van der Waals surface area contributed by atoms with Crippen molar-refractivity contribution in [3.05, 3.63) is 146 Å². The third kappa shape index (κ3) is 4.73. The number of fused-ring (bicyclic) bond motifs is 3. The van der Waals surface area contributed by atoms with E-state index in [1.54, 1.807) is 12.4 Å². The average molecular weight is 553 g/mol. The summed E-state index contributed by atoms with van der Waals surface area (Å²) in [7, 11) is 0. The Morgan fingerprint density at radius 1 is 0.395 bits per heavy atom. The molecule has 0 unspecified atom stereocenters. The first kappa shape index (κ1) is 24.8. The third-order valence-electron chi connectivity index (χ3n) is 7.69. The number of benzene rings is 4. The molecular formula is C38H24N4O. The molecular weight excluding hydrogens is 528 g/mol. The van der Waals surface area contributed by atoms with Crippen LogP contribution in [0.15, 0.2) is 151 Å². The van der Waals surface area contributed by atoms with E-state index < -0.39 is 0 Å². The maximum absolute atomic E-state index is 6.03. The Balaban J connectivity index is 1.20. The Morgan fingerprint density at radius 2 is 1.02 bits per heavy atom. The van der Waals surface area contributed by atoms with Crippen molar-refractivity contribution in [2.24, 2.45) is 0 Å². The molecule has 4 heterocycles. The monoisotopic (exact) mass is 552 g/mol. The molecule has 4 aromatic carbocycles. The molecule has 0 aliphatic rings. The van der Waals surface area contributed by atoms with Crippen LogP contribution in [-0.4, -0.2) is 19.9 Å². The van der Waals surface area contributed by atoms with Crippen LogP contribution in [0.25, 0.3) is 78.1 Å². The molecule has 0 saturated carbocycles. The van der Waals surface area contributed by atoms with Gasteiger partial charge in [0.05, 0.1) is 11.4 Å². The summed E-state index contributed by atoms with van der Waals surface area (Å²) in [5, 5.41) is 2.24. The highest BCUT2D eigenvalue weighted by Crippen LogP contribution is 2.34. The van der Waals surface area contributed by atoms with Crippen LogP contribution in [0.5, 0.6) is 0 Å². The van der Waals surface area contributed by atoms with Crippen molar-refractivity contribution in [3.63, 3.8) is 0 Å². The standard InChI is InChI=1S/C38H24N4O/c1-2-11-36-32(10-1)33-21-28(16-17-37(33)43-36)25-12-14-26(15-13-25)34-22-35(31-9-5-19-40-24-31)42-38(41-34)29-7-3-6-27(20-29)30-8-4-18-39-23-30/h1-24H. The summed E-state index contributed by atoms with van der Waals surface area (Å²) in [6.45, 7) is 0. The Hall–Kier alpha value is -5.94. The maximum Gasteiger partial charge on any atom is 0.160 e. The zero-order valence-electron chi connectivity index (χ0n) is 23.1. The lowest BCUT2D eigenvalue weighted by Gasteiger charge is -2.11. The molecule has 0 saturated heterocycles. The van der Waals surface area contributed by atoms with Gasteiger partial charge in [0, 0.05) is 57.8 Å². The molecule has 5 heteroatoms. The second kappa shape index (κ2) is 10.5. The van der Waals surface area contributed by atoms with E-state index in [0.717, 1.165) is 72.3 Å². The minimum absolute atomic E-state index is 0.656. The zero-order chi connectivity index (χ0) is 28.6. The molecule has 0 amide bonds. The van der Waals surface area contributed by atoms with Crippen LogP contribution in [0.1, 0.15) is 0 Å². The van der Waals surface area contributed by atoms with Gasteiger partial charge in [-0.1, -0.05) is 72.8 Å². The van der Waals surface area contributed by atoms with Crippen molar-refractivity contribution < 1.29 is 4.42 Å². The summed E-state index contributed by atoms with van der Waals surface area (Å²) in [5.41, 5.74) is 10.7. The van der Waals surface area contributed by atoms with Gasteiger partial charge < -0.3 is 4.42 Å². The van der Waals surface area contributed by atoms with Crippen molar-refractivity contribution in [3.8, 4) is 56.2 Å². The molecule has 0 fully saturated rings. The predicted molar refractivity (Wildman–Crippen MR) is 172 cm³/mol. The summed E-state index contributed by atoms with van der Waals surface area (Å²) < 4.78 is 6.03. The van der Waals surface area contributed by atoms with Gasteiger partial charge in [-0.3, -0.25) is 9.97 Å². The van der Waals surface area contributed by atoms with Gasteiger partial charge in [0.15, 0.2) is 5.82 Å². The van der Waals surface area contributed by atoms with Gasteiger partial charge in [-0.05, 0) is 65.2 Å². The van der Waals surface area contributed by atoms with E-state index in [2.05, 4.69) is 76.7 Å². The molecule has 0 spiro atoms. The van der Waals surface area contributed by atoms with Gasteiger partial charge in [0.2, 0.25) is 0 Å². The van der Waals surface area contributed by atoms with E-state index in [1.165, 1.54) is 0 Å². The molecule has 0 radical (unpaired) electrons. The summed E-state index contributed by atoms with van der Waals surface area (Å²) in [6.07, 6.45) is 7.25. The summed E-state index contributed by atoms with van der Waals surface area (Å²) in [4.78, 5) is 18.6. The van der Waals surface area contributed by atoms with E-state index >= 15 is 0 Å². The van der Waals surface area contributed by atoms with Gasteiger partial charge in [0.1, 0.15) is 11.2 Å². The fourth-order valence-corrected chi connectivity index (χ4v) is 5.50. The normalized spacial score (nSPS) is 11.3. The zero-order valence-corrected chi connectivity index (χ0v) is 23.1. The van der Waals surface area contributed by atoms with Crippen LogP contribution >= 0.6 is 0 Å². The predicted octanol–water partition coefficient (Wildman–Crippen LogP) is 9.50. The van der Waals surface area contributed by atoms with Crippen molar-refractivity contribution >= 4 is 21.9 Å². The van der Waals surface area contributed by atoms with Crippen LogP contribution < -0.4 is 0 Å². The van der Waals surface area contributed by atoms with Crippen molar-refractivity contribution in [2.75, 3.05) is 0 Å². The number of furan rings is 1. The van der Waals surface area contributed by atoms with Crippen molar-refractivity contribution in [2.45, 2.75) is 0 Å². The molecule has 0 N–H and O–H groups in total. The van der Waals surface area contributed by atoms with E-state index in [0.29, 0.717) is 5.82 Å². The Labute approximate surface area is 248 Å². The van der Waals surface area contributed by atoms with Gasteiger partial charge in [-0.2, -0.15) is 0 Å². The molecule has 0 aliphatic carbocycles. The van der Waals surface area contributed by atoms with E-state index in [-0.39, 0.29) is 0 Å². The average Bonchev–Trinajstić information content (AvgIpc) is 3.47. The van der Waals surface area contributed by atoms with Gasteiger partial charge in [-0.15, -0.1) is 0 Å². The molecule has 4 aromatic heterocycles. The summed E-state index contributed by atoms with van der Waals surface area (Å²) in [5.74, 6) is 0.656. The fraction of sp³-hybridized carbons (Fsp3) is 0. The first-order chi connectivity index (χ1) is 21.3. The van der Waals surface area contributed by atoms with Crippen LogP contribution in [0.2, 0.25) is 0 Å². The van der Waals surface area contributed by atoms with Crippen LogP contribution in [0.3, 0.4) is 0 Å². The Kier molecular flexibility index (Phi) is 6.05. The molecule has 8 rings (SSSR count). The van der Waals surface area contributed by atoms with Crippen LogP contribution in [-0.2, 0) is 0 Å². The maximum atomic E-state index is 6.03. The highest BCUT2D eigenvalue weighted by Gasteiger charge is 2.13. The lowest BCUT2D eigenvalue weighted by molar-refractivity contribution is 0.669. The molecule has 0 atom stereocenters. The molecule has 5 nitrogen and oxygen atoms in total. The van der Waals surface area contributed by atoms with E-state index in [4.69, 9.17) is 14.4 Å². The lowest BCUT2D eigenvalue weighted by atomic mass is 10.00. The number of nitrogens with zero attached hydrogens (tertiary/aromatic N) is 4. The first-order valence-corrected chi connectivity index (χ1v) is 14.1. The Morgan fingerprint density at radius 3 is 1.81 bits per heavy atom. The largest absolute Gasteiger partial charge is 0.456 e. The van der Waals surface area contributed by atoms with E-state index in [1.807, 2.05) is 67.0 Å². The summed E-state index contributed by atoms with van der Waals surface area (Å²) in [6, 6.07) is 41.3. The number of pyridine rings is 2. The summed E-state index contributed by atoms with van der Waals surface area (Å²) >= 11 is 0.